The molecule has 2 aromatic rings. The minimum Gasteiger partial charge on any atom is -0.354 e. The fraction of sp³-hybridized carbons (Fsp3) is 0.389. The van der Waals surface area contributed by atoms with E-state index >= 15 is 0 Å². The summed E-state index contributed by atoms with van der Waals surface area (Å²) in [6.45, 7) is 4.47. The Kier molecular flexibility index (Phi) is 5.75. The zero-order valence-electron chi connectivity index (χ0n) is 14.3. The molecule has 1 atom stereocenters. The van der Waals surface area contributed by atoms with Crippen molar-refractivity contribution in [3.05, 3.63) is 51.5 Å². The van der Waals surface area contributed by atoms with Gasteiger partial charge in [0.15, 0.2) is 0 Å². The van der Waals surface area contributed by atoms with Crippen molar-refractivity contribution in [2.24, 2.45) is 0 Å². The number of thiazole rings is 1. The molecule has 1 aromatic heterocycles. The second-order valence-electron chi connectivity index (χ2n) is 6.06. The van der Waals surface area contributed by atoms with Gasteiger partial charge in [-0.05, 0) is 26.0 Å². The average molecular weight is 376 g/mol. The summed E-state index contributed by atoms with van der Waals surface area (Å²) in [6, 6.07) is 7.09. The highest BCUT2D eigenvalue weighted by molar-refractivity contribution is 7.99. The summed E-state index contributed by atoms with van der Waals surface area (Å²) in [5, 5.41) is 5.99. The van der Waals surface area contributed by atoms with Crippen LogP contribution in [0.3, 0.4) is 0 Å². The van der Waals surface area contributed by atoms with Crippen LogP contribution >= 0.6 is 23.1 Å². The Morgan fingerprint density at radius 2 is 2.20 bits per heavy atom. The van der Waals surface area contributed by atoms with Gasteiger partial charge < -0.3 is 10.2 Å². The predicted molar refractivity (Wildman–Crippen MR) is 102 cm³/mol. The number of rotatable bonds is 5. The SMILES string of the molecule is Cc1cccc(C(=O)N2CSC[C@@H]2C(=O)NCCc2csc(C)n2)c1. The first-order chi connectivity index (χ1) is 12.0. The third-order valence-electron chi connectivity index (χ3n) is 4.06. The first kappa shape index (κ1) is 17.9. The minimum atomic E-state index is -0.407. The number of nitrogens with one attached hydrogen (secondary N) is 1. The minimum absolute atomic E-state index is 0.0797. The van der Waals surface area contributed by atoms with Crippen molar-refractivity contribution in [1.29, 1.82) is 0 Å². The number of hydrogen-bond donors (Lipinski definition) is 1. The number of aromatic nitrogens is 1. The third-order valence-corrected chi connectivity index (χ3v) is 5.89. The van der Waals surface area contributed by atoms with Gasteiger partial charge in [0.25, 0.3) is 5.91 Å². The maximum absolute atomic E-state index is 12.7. The molecule has 1 aromatic carbocycles. The van der Waals surface area contributed by atoms with Gasteiger partial charge >= 0.3 is 0 Å². The fourth-order valence-corrected chi connectivity index (χ4v) is 4.56. The summed E-state index contributed by atoms with van der Waals surface area (Å²) < 4.78 is 0. The Morgan fingerprint density at radius 1 is 1.36 bits per heavy atom. The van der Waals surface area contributed by atoms with Crippen LogP contribution in [0.15, 0.2) is 29.6 Å². The lowest BCUT2D eigenvalue weighted by atomic mass is 10.1. The normalized spacial score (nSPS) is 16.9. The van der Waals surface area contributed by atoms with E-state index in [4.69, 9.17) is 0 Å². The molecule has 3 rings (SSSR count). The van der Waals surface area contributed by atoms with Crippen LogP contribution in [0.5, 0.6) is 0 Å². The Morgan fingerprint density at radius 3 is 2.92 bits per heavy atom. The third kappa shape index (κ3) is 4.41. The molecule has 2 amide bonds. The van der Waals surface area contributed by atoms with E-state index in [0.29, 0.717) is 30.2 Å². The molecule has 1 aliphatic rings. The van der Waals surface area contributed by atoms with E-state index in [0.717, 1.165) is 16.3 Å². The van der Waals surface area contributed by atoms with E-state index < -0.39 is 6.04 Å². The first-order valence-corrected chi connectivity index (χ1v) is 10.2. The van der Waals surface area contributed by atoms with E-state index in [1.165, 1.54) is 0 Å². The summed E-state index contributed by atoms with van der Waals surface area (Å²) in [5.41, 5.74) is 2.67. The molecule has 0 aliphatic carbocycles. The smallest absolute Gasteiger partial charge is 0.255 e. The van der Waals surface area contributed by atoms with E-state index in [1.54, 1.807) is 34.1 Å². The molecule has 5 nitrogen and oxygen atoms in total. The quantitative estimate of drug-likeness (QED) is 0.873. The molecular weight excluding hydrogens is 354 g/mol. The number of aryl methyl sites for hydroxylation is 2. The molecule has 1 aliphatic heterocycles. The van der Waals surface area contributed by atoms with Crippen molar-refractivity contribution in [3.63, 3.8) is 0 Å². The molecule has 25 heavy (non-hydrogen) atoms. The topological polar surface area (TPSA) is 62.3 Å². The van der Waals surface area contributed by atoms with Crippen molar-refractivity contribution in [2.45, 2.75) is 26.3 Å². The molecule has 0 saturated carbocycles. The standard InChI is InChI=1S/C18H21N3O2S2/c1-12-4-3-5-14(8-12)18(23)21-11-24-10-16(21)17(22)19-7-6-15-9-25-13(2)20-15/h3-5,8-9,16H,6-7,10-11H2,1-2H3,(H,19,22)/t16-/m1/s1. The van der Waals surface area contributed by atoms with Gasteiger partial charge in [0, 0.05) is 29.7 Å². The predicted octanol–water partition coefficient (Wildman–Crippen LogP) is 2.63. The van der Waals surface area contributed by atoms with Gasteiger partial charge in [-0.15, -0.1) is 23.1 Å². The van der Waals surface area contributed by atoms with E-state index in [-0.39, 0.29) is 11.8 Å². The van der Waals surface area contributed by atoms with Crippen LogP contribution in [-0.2, 0) is 11.2 Å². The number of thioether (sulfide) groups is 1. The number of hydrogen-bond acceptors (Lipinski definition) is 5. The van der Waals surface area contributed by atoms with Gasteiger partial charge in [-0.1, -0.05) is 17.7 Å². The van der Waals surface area contributed by atoms with Crippen molar-refractivity contribution in [3.8, 4) is 0 Å². The summed E-state index contributed by atoms with van der Waals surface area (Å²) in [5.74, 6) is 1.02. The van der Waals surface area contributed by atoms with E-state index in [2.05, 4.69) is 10.3 Å². The lowest BCUT2D eigenvalue weighted by Crippen LogP contribution is -2.47. The summed E-state index contributed by atoms with van der Waals surface area (Å²) >= 11 is 3.22. The maximum atomic E-state index is 12.7. The number of carbonyl (C=O) groups excluding carboxylic acids is 2. The molecule has 2 heterocycles. The number of carbonyl (C=O) groups is 2. The summed E-state index contributed by atoms with van der Waals surface area (Å²) in [6.07, 6.45) is 0.710. The Labute approximate surface area is 155 Å². The largest absolute Gasteiger partial charge is 0.354 e. The molecule has 1 N–H and O–H groups in total. The van der Waals surface area contributed by atoms with Gasteiger partial charge in [0.05, 0.1) is 16.6 Å². The van der Waals surface area contributed by atoms with Crippen molar-refractivity contribution < 1.29 is 9.59 Å². The van der Waals surface area contributed by atoms with Gasteiger partial charge in [-0.25, -0.2) is 4.98 Å². The van der Waals surface area contributed by atoms with Gasteiger partial charge in [-0.3, -0.25) is 9.59 Å². The zero-order valence-corrected chi connectivity index (χ0v) is 16.0. The summed E-state index contributed by atoms with van der Waals surface area (Å²) in [4.78, 5) is 31.3. The van der Waals surface area contributed by atoms with Crippen LogP contribution < -0.4 is 5.32 Å². The Hall–Kier alpha value is -1.86. The first-order valence-electron chi connectivity index (χ1n) is 8.18. The lowest BCUT2D eigenvalue weighted by Gasteiger charge is -2.23. The molecule has 0 radical (unpaired) electrons. The Balaban J connectivity index is 1.58. The highest BCUT2D eigenvalue weighted by atomic mass is 32.2. The highest BCUT2D eigenvalue weighted by Crippen LogP contribution is 2.23. The van der Waals surface area contributed by atoms with Crippen molar-refractivity contribution >= 4 is 34.9 Å². The number of benzene rings is 1. The van der Waals surface area contributed by atoms with Gasteiger partial charge in [0.1, 0.15) is 6.04 Å². The Bertz CT molecular complexity index is 775. The van der Waals surface area contributed by atoms with Crippen LogP contribution in [0.25, 0.3) is 0 Å². The van der Waals surface area contributed by atoms with E-state index in [1.807, 2.05) is 37.4 Å². The average Bonchev–Trinajstić information content (AvgIpc) is 3.23. The lowest BCUT2D eigenvalue weighted by molar-refractivity contribution is -0.124. The number of amides is 2. The molecule has 132 valence electrons. The molecule has 0 spiro atoms. The van der Waals surface area contributed by atoms with Gasteiger partial charge in [-0.2, -0.15) is 0 Å². The number of nitrogens with zero attached hydrogens (tertiary/aromatic N) is 2. The fourth-order valence-electron chi connectivity index (χ4n) is 2.76. The molecule has 0 bridgehead atoms. The molecule has 0 unspecified atom stereocenters. The van der Waals surface area contributed by atoms with Gasteiger partial charge in [0.2, 0.25) is 5.91 Å². The summed E-state index contributed by atoms with van der Waals surface area (Å²) in [7, 11) is 0. The molecule has 1 fully saturated rings. The molecule has 1 saturated heterocycles. The molecular formula is C18H21N3O2S2. The van der Waals surface area contributed by atoms with E-state index in [9.17, 15) is 9.59 Å². The van der Waals surface area contributed by atoms with Crippen molar-refractivity contribution in [2.75, 3.05) is 18.2 Å². The van der Waals surface area contributed by atoms with Crippen LogP contribution in [0.2, 0.25) is 0 Å². The second-order valence-corrected chi connectivity index (χ2v) is 8.12. The van der Waals surface area contributed by atoms with Crippen LogP contribution in [-0.4, -0.2) is 45.9 Å². The second kappa shape index (κ2) is 8.01. The van der Waals surface area contributed by atoms with Crippen LogP contribution in [0, 0.1) is 13.8 Å². The highest BCUT2D eigenvalue weighted by Gasteiger charge is 2.34. The zero-order chi connectivity index (χ0) is 17.8. The van der Waals surface area contributed by atoms with Crippen molar-refractivity contribution in [1.82, 2.24) is 15.2 Å². The monoisotopic (exact) mass is 375 g/mol. The molecule has 7 heteroatoms. The maximum Gasteiger partial charge on any atom is 0.255 e. The van der Waals surface area contributed by atoms with Crippen LogP contribution in [0.4, 0.5) is 0 Å². The van der Waals surface area contributed by atoms with Crippen LogP contribution in [0.1, 0.15) is 26.6 Å².